The summed E-state index contributed by atoms with van der Waals surface area (Å²) >= 11 is 1.28. The van der Waals surface area contributed by atoms with E-state index >= 15 is 0 Å². The molecule has 150 valence electrons. The van der Waals surface area contributed by atoms with Crippen LogP contribution in [0.5, 0.6) is 11.5 Å². The van der Waals surface area contributed by atoms with E-state index in [9.17, 15) is 4.79 Å². The molecule has 4 aromatic rings. The summed E-state index contributed by atoms with van der Waals surface area (Å²) in [5.74, 6) is 1.50. The third-order valence-electron chi connectivity index (χ3n) is 4.45. The van der Waals surface area contributed by atoms with Crippen LogP contribution in [0, 0.1) is 0 Å². The van der Waals surface area contributed by atoms with Gasteiger partial charge in [0.1, 0.15) is 0 Å². The van der Waals surface area contributed by atoms with Gasteiger partial charge in [0, 0.05) is 24.5 Å². The van der Waals surface area contributed by atoms with Crippen molar-refractivity contribution in [3.63, 3.8) is 0 Å². The number of carbonyl (C=O) groups excluding carboxylic acids is 1. The van der Waals surface area contributed by atoms with Gasteiger partial charge in [-0.1, -0.05) is 17.8 Å². The van der Waals surface area contributed by atoms with Crippen LogP contribution in [0.1, 0.15) is 5.56 Å². The quantitative estimate of drug-likeness (QED) is 0.474. The molecule has 1 amide bonds. The van der Waals surface area contributed by atoms with E-state index in [0.717, 1.165) is 22.6 Å². The van der Waals surface area contributed by atoms with Crippen LogP contribution in [0.4, 0.5) is 0 Å². The molecule has 9 nitrogen and oxygen atoms in total. The number of ether oxygens (including phenoxy) is 2. The van der Waals surface area contributed by atoms with Crippen molar-refractivity contribution < 1.29 is 14.3 Å². The maximum absolute atomic E-state index is 12.3. The number of aromatic nitrogens is 5. The number of rotatable bonds is 6. The summed E-state index contributed by atoms with van der Waals surface area (Å²) in [5.41, 5.74) is 3.20. The van der Waals surface area contributed by atoms with Crippen LogP contribution in [0.2, 0.25) is 0 Å². The van der Waals surface area contributed by atoms with E-state index in [-0.39, 0.29) is 18.5 Å². The Morgan fingerprint density at radius 1 is 1.13 bits per heavy atom. The molecule has 0 bridgehead atoms. The molecule has 0 spiro atoms. The molecule has 4 heterocycles. The largest absolute Gasteiger partial charge is 0.454 e. The van der Waals surface area contributed by atoms with Crippen LogP contribution in [-0.2, 0) is 11.3 Å². The normalized spacial score (nSPS) is 12.3. The first kappa shape index (κ1) is 18.4. The number of carbonyl (C=O) groups is 1. The molecule has 5 rings (SSSR count). The molecule has 3 aromatic heterocycles. The van der Waals surface area contributed by atoms with Crippen LogP contribution in [0.15, 0.2) is 60.0 Å². The van der Waals surface area contributed by atoms with Crippen molar-refractivity contribution in [2.24, 2.45) is 0 Å². The Hall–Kier alpha value is -3.66. The summed E-state index contributed by atoms with van der Waals surface area (Å²) in [6.07, 6.45) is 3.46. The molecule has 1 aliphatic rings. The molecule has 1 aromatic carbocycles. The Morgan fingerprint density at radius 2 is 2.07 bits per heavy atom. The Bertz CT molecular complexity index is 1210. The minimum atomic E-state index is -0.113. The zero-order valence-electron chi connectivity index (χ0n) is 15.7. The third-order valence-corrected chi connectivity index (χ3v) is 5.37. The molecule has 0 aliphatic carbocycles. The van der Waals surface area contributed by atoms with Crippen molar-refractivity contribution in [1.82, 2.24) is 30.1 Å². The van der Waals surface area contributed by atoms with Crippen molar-refractivity contribution in [2.45, 2.75) is 11.7 Å². The van der Waals surface area contributed by atoms with Crippen LogP contribution < -0.4 is 14.8 Å². The molecule has 0 fully saturated rings. The minimum Gasteiger partial charge on any atom is -0.454 e. The van der Waals surface area contributed by atoms with Crippen molar-refractivity contribution in [3.8, 4) is 22.8 Å². The summed E-state index contributed by atoms with van der Waals surface area (Å²) in [7, 11) is 0. The lowest BCUT2D eigenvalue weighted by molar-refractivity contribution is -0.118. The van der Waals surface area contributed by atoms with Gasteiger partial charge in [-0.2, -0.15) is 9.61 Å². The van der Waals surface area contributed by atoms with Crippen molar-refractivity contribution in [3.05, 3.63) is 60.4 Å². The number of hydrogen-bond acceptors (Lipinski definition) is 8. The molecule has 1 aliphatic heterocycles. The molecule has 30 heavy (non-hydrogen) atoms. The highest BCUT2D eigenvalue weighted by molar-refractivity contribution is 7.99. The summed E-state index contributed by atoms with van der Waals surface area (Å²) < 4.78 is 12.3. The van der Waals surface area contributed by atoms with E-state index in [1.807, 2.05) is 42.5 Å². The average molecular weight is 420 g/mol. The van der Waals surface area contributed by atoms with Gasteiger partial charge in [0.25, 0.3) is 0 Å². The number of nitrogens with zero attached hydrogens (tertiary/aromatic N) is 5. The molecular weight excluding hydrogens is 404 g/mol. The smallest absolute Gasteiger partial charge is 0.231 e. The maximum Gasteiger partial charge on any atom is 0.231 e. The summed E-state index contributed by atoms with van der Waals surface area (Å²) in [6.45, 7) is 0.630. The maximum atomic E-state index is 12.3. The molecule has 0 radical (unpaired) electrons. The molecule has 0 saturated carbocycles. The highest BCUT2D eigenvalue weighted by atomic mass is 32.2. The number of amides is 1. The number of thioether (sulfide) groups is 1. The number of hydrogen-bond donors (Lipinski definition) is 1. The Balaban J connectivity index is 1.23. The fourth-order valence-electron chi connectivity index (χ4n) is 2.96. The second-order valence-corrected chi connectivity index (χ2v) is 7.41. The monoisotopic (exact) mass is 420 g/mol. The Kier molecular flexibility index (Phi) is 4.89. The lowest BCUT2D eigenvalue weighted by Crippen LogP contribution is -2.24. The van der Waals surface area contributed by atoms with E-state index in [2.05, 4.69) is 25.6 Å². The molecule has 0 unspecified atom stereocenters. The molecule has 10 heteroatoms. The number of nitrogens with one attached hydrogen (secondary N) is 1. The first-order valence-electron chi connectivity index (χ1n) is 9.17. The molecule has 1 N–H and O–H groups in total. The van der Waals surface area contributed by atoms with Gasteiger partial charge in [-0.05, 0) is 42.0 Å². The predicted octanol–water partition coefficient (Wildman–Crippen LogP) is 2.32. The Labute approximate surface area is 175 Å². The second kappa shape index (κ2) is 7.99. The van der Waals surface area contributed by atoms with Gasteiger partial charge in [0.05, 0.1) is 11.4 Å². The lowest BCUT2D eigenvalue weighted by Gasteiger charge is -2.06. The van der Waals surface area contributed by atoms with E-state index in [0.29, 0.717) is 23.1 Å². The van der Waals surface area contributed by atoms with Crippen LogP contribution >= 0.6 is 11.8 Å². The van der Waals surface area contributed by atoms with Gasteiger partial charge < -0.3 is 14.8 Å². The number of benzene rings is 1. The summed E-state index contributed by atoms with van der Waals surface area (Å²) in [6, 6.07) is 13.1. The first-order chi connectivity index (χ1) is 14.8. The van der Waals surface area contributed by atoms with Crippen molar-refractivity contribution in [2.75, 3.05) is 12.5 Å². The van der Waals surface area contributed by atoms with Gasteiger partial charge in [0.2, 0.25) is 17.9 Å². The minimum absolute atomic E-state index is 0.113. The molecule has 0 saturated heterocycles. The number of fused-ring (bicyclic) bond motifs is 2. The number of pyridine rings is 1. The average Bonchev–Trinajstić information content (AvgIpc) is 3.42. The van der Waals surface area contributed by atoms with E-state index in [4.69, 9.17) is 9.47 Å². The third kappa shape index (κ3) is 3.77. The lowest BCUT2D eigenvalue weighted by atomic mass is 10.2. The summed E-state index contributed by atoms with van der Waals surface area (Å²) in [5, 5.41) is 16.3. The first-order valence-corrected chi connectivity index (χ1v) is 10.2. The van der Waals surface area contributed by atoms with E-state index in [1.165, 1.54) is 11.8 Å². The standard InChI is InChI=1S/C20H16N6O3S/c27-19(22-9-13-3-5-16-17(8-13)29-12-28-16)11-30-20-24-23-18-6-4-15(25-26(18)20)14-2-1-7-21-10-14/h1-8,10H,9,11-12H2,(H,22,27). The van der Waals surface area contributed by atoms with Crippen LogP contribution in [0.25, 0.3) is 16.9 Å². The molecular formula is C20H16N6O3S. The van der Waals surface area contributed by atoms with E-state index < -0.39 is 0 Å². The zero-order chi connectivity index (χ0) is 20.3. The summed E-state index contributed by atoms with van der Waals surface area (Å²) in [4.78, 5) is 16.4. The highest BCUT2D eigenvalue weighted by Gasteiger charge is 2.14. The zero-order valence-corrected chi connectivity index (χ0v) is 16.5. The SMILES string of the molecule is O=C(CSc1nnc2ccc(-c3cccnc3)nn12)NCc1ccc2c(c1)OCO2. The van der Waals surface area contributed by atoms with Crippen LogP contribution in [0.3, 0.4) is 0 Å². The fourth-order valence-corrected chi connectivity index (χ4v) is 3.68. The van der Waals surface area contributed by atoms with Gasteiger partial charge in [-0.25, -0.2) is 0 Å². The fraction of sp³-hybridized carbons (Fsp3) is 0.150. The Morgan fingerprint density at radius 3 is 2.97 bits per heavy atom. The van der Waals surface area contributed by atoms with Crippen molar-refractivity contribution >= 4 is 23.3 Å². The van der Waals surface area contributed by atoms with Crippen molar-refractivity contribution in [1.29, 1.82) is 0 Å². The van der Waals surface area contributed by atoms with Gasteiger partial charge >= 0.3 is 0 Å². The topological polar surface area (TPSA) is 104 Å². The predicted molar refractivity (Wildman–Crippen MR) is 109 cm³/mol. The molecule has 0 atom stereocenters. The van der Waals surface area contributed by atoms with Gasteiger partial charge in [-0.15, -0.1) is 10.2 Å². The van der Waals surface area contributed by atoms with E-state index in [1.54, 1.807) is 16.9 Å². The second-order valence-electron chi connectivity index (χ2n) is 6.47. The van der Waals surface area contributed by atoms with Crippen LogP contribution in [-0.4, -0.2) is 43.2 Å². The van der Waals surface area contributed by atoms with Gasteiger partial charge in [0.15, 0.2) is 17.1 Å². The van der Waals surface area contributed by atoms with Gasteiger partial charge in [-0.3, -0.25) is 9.78 Å². The highest BCUT2D eigenvalue weighted by Crippen LogP contribution is 2.32.